The Kier molecular flexibility index (Phi) is 3.60. The minimum Gasteiger partial charge on any atom is -0.394 e. The first-order chi connectivity index (χ1) is 6.11. The van der Waals surface area contributed by atoms with Crippen LogP contribution in [0.1, 0.15) is 0 Å². The molecule has 1 rings (SSSR count). The van der Waals surface area contributed by atoms with Crippen LogP contribution in [0.25, 0.3) is 0 Å². The van der Waals surface area contributed by atoms with Crippen molar-refractivity contribution in [2.45, 2.75) is 30.7 Å². The Morgan fingerprint density at radius 1 is 1.23 bits per heavy atom. The topological polar surface area (TPSA) is 99.4 Å². The lowest BCUT2D eigenvalue weighted by Crippen LogP contribution is -2.59. The Bertz CT molecular complexity index is 161. The van der Waals surface area contributed by atoms with Crippen molar-refractivity contribution in [3.05, 3.63) is 0 Å². The molecule has 0 amide bonds. The molecule has 0 aliphatic carbocycles. The van der Waals surface area contributed by atoms with Crippen molar-refractivity contribution in [2.75, 3.05) is 13.7 Å². The monoisotopic (exact) mass is 194 g/mol. The van der Waals surface area contributed by atoms with Gasteiger partial charge in [-0.1, -0.05) is 0 Å². The maximum Gasteiger partial charge on any atom is 0.184 e. The standard InChI is InChI=1S/C7H14O6/c1-12-6-3(2-8)13-7(11)5(10)4(6)9/h3-11H,2H2,1H3/t3?,4-,5?,6+,7-/m1/s1. The van der Waals surface area contributed by atoms with E-state index >= 15 is 0 Å². The van der Waals surface area contributed by atoms with Crippen LogP contribution >= 0.6 is 0 Å². The molecule has 0 radical (unpaired) electrons. The largest absolute Gasteiger partial charge is 0.394 e. The summed E-state index contributed by atoms with van der Waals surface area (Å²) in [6.07, 6.45) is -5.81. The van der Waals surface area contributed by atoms with Crippen molar-refractivity contribution >= 4 is 0 Å². The third-order valence-electron chi connectivity index (χ3n) is 2.11. The summed E-state index contributed by atoms with van der Waals surface area (Å²) in [6.45, 7) is -0.390. The number of hydrogen-bond acceptors (Lipinski definition) is 6. The molecule has 78 valence electrons. The van der Waals surface area contributed by atoms with Crippen LogP contribution in [0.3, 0.4) is 0 Å². The van der Waals surface area contributed by atoms with Crippen molar-refractivity contribution in [1.29, 1.82) is 0 Å². The fourth-order valence-electron chi connectivity index (χ4n) is 1.36. The van der Waals surface area contributed by atoms with E-state index in [-0.39, 0.29) is 6.61 Å². The highest BCUT2D eigenvalue weighted by Gasteiger charge is 2.43. The van der Waals surface area contributed by atoms with Crippen LogP contribution in [-0.2, 0) is 9.47 Å². The number of ether oxygens (including phenoxy) is 2. The molecule has 1 heterocycles. The minimum absolute atomic E-state index is 0.390. The lowest BCUT2D eigenvalue weighted by Gasteiger charge is -2.39. The Morgan fingerprint density at radius 2 is 1.85 bits per heavy atom. The molecule has 0 aromatic heterocycles. The van der Waals surface area contributed by atoms with Crippen molar-refractivity contribution < 1.29 is 29.9 Å². The predicted octanol–water partition coefficient (Wildman–Crippen LogP) is -2.57. The number of methoxy groups -OCH3 is 1. The van der Waals surface area contributed by atoms with Crippen LogP contribution < -0.4 is 0 Å². The summed E-state index contributed by atoms with van der Waals surface area (Å²) in [4.78, 5) is 0. The summed E-state index contributed by atoms with van der Waals surface area (Å²) >= 11 is 0. The number of rotatable bonds is 2. The van der Waals surface area contributed by atoms with E-state index in [9.17, 15) is 10.2 Å². The molecule has 1 fully saturated rings. The molecular formula is C7H14O6. The van der Waals surface area contributed by atoms with E-state index in [4.69, 9.17) is 19.7 Å². The van der Waals surface area contributed by atoms with E-state index in [0.29, 0.717) is 0 Å². The van der Waals surface area contributed by atoms with Gasteiger partial charge in [0.05, 0.1) is 6.61 Å². The zero-order valence-corrected chi connectivity index (χ0v) is 7.20. The molecule has 0 saturated carbocycles. The van der Waals surface area contributed by atoms with Gasteiger partial charge in [0.25, 0.3) is 0 Å². The molecule has 4 N–H and O–H groups in total. The molecule has 0 bridgehead atoms. The zero-order chi connectivity index (χ0) is 10.0. The second kappa shape index (κ2) is 4.32. The van der Waals surface area contributed by atoms with Gasteiger partial charge in [-0.25, -0.2) is 0 Å². The Balaban J connectivity index is 2.69. The predicted molar refractivity (Wildman–Crippen MR) is 40.8 cm³/mol. The van der Waals surface area contributed by atoms with Gasteiger partial charge in [0, 0.05) is 7.11 Å². The fraction of sp³-hybridized carbons (Fsp3) is 1.00. The highest BCUT2D eigenvalue weighted by Crippen LogP contribution is 2.21. The number of aliphatic hydroxyl groups excluding tert-OH is 4. The van der Waals surface area contributed by atoms with Crippen LogP contribution in [0.5, 0.6) is 0 Å². The minimum atomic E-state index is -1.49. The first kappa shape index (κ1) is 10.8. The summed E-state index contributed by atoms with van der Waals surface area (Å²) in [5, 5.41) is 36.4. The van der Waals surface area contributed by atoms with Gasteiger partial charge in [0.2, 0.25) is 0 Å². The van der Waals surface area contributed by atoms with Crippen LogP contribution in [0.4, 0.5) is 0 Å². The molecule has 1 aliphatic heterocycles. The van der Waals surface area contributed by atoms with E-state index in [1.807, 2.05) is 0 Å². The SMILES string of the molecule is CO[C@H]1C(CO)O[C@@H](O)C(O)[C@H]1O. The second-order valence-corrected chi connectivity index (χ2v) is 2.93. The molecule has 5 atom stereocenters. The first-order valence-electron chi connectivity index (χ1n) is 3.95. The molecule has 1 aliphatic rings. The van der Waals surface area contributed by atoms with Crippen molar-refractivity contribution in [3.63, 3.8) is 0 Å². The van der Waals surface area contributed by atoms with Gasteiger partial charge in [0.1, 0.15) is 24.4 Å². The Labute approximate surface area is 75.3 Å². The summed E-state index contributed by atoms with van der Waals surface area (Å²) in [7, 11) is 1.32. The van der Waals surface area contributed by atoms with Gasteiger partial charge in [-0.15, -0.1) is 0 Å². The molecule has 1 saturated heterocycles. The highest BCUT2D eigenvalue weighted by molar-refractivity contribution is 4.89. The van der Waals surface area contributed by atoms with Gasteiger partial charge >= 0.3 is 0 Å². The normalized spacial score (nSPS) is 46.4. The van der Waals surface area contributed by atoms with E-state index in [2.05, 4.69) is 0 Å². The number of hydrogen-bond donors (Lipinski definition) is 4. The quantitative estimate of drug-likeness (QED) is 0.386. The molecule has 6 heteroatoms. The average molecular weight is 194 g/mol. The second-order valence-electron chi connectivity index (χ2n) is 2.93. The first-order valence-corrected chi connectivity index (χ1v) is 3.95. The van der Waals surface area contributed by atoms with Crippen LogP contribution in [0, 0.1) is 0 Å². The Morgan fingerprint density at radius 3 is 2.31 bits per heavy atom. The molecule has 0 aromatic rings. The highest BCUT2D eigenvalue weighted by atomic mass is 16.6. The lowest BCUT2D eigenvalue weighted by molar-refractivity contribution is -0.290. The molecule has 0 spiro atoms. The van der Waals surface area contributed by atoms with Gasteiger partial charge in [-0.3, -0.25) is 0 Å². The molecule has 0 aromatic carbocycles. The van der Waals surface area contributed by atoms with Gasteiger partial charge in [-0.2, -0.15) is 0 Å². The summed E-state index contributed by atoms with van der Waals surface area (Å²) in [5.41, 5.74) is 0. The number of aliphatic hydroxyl groups is 4. The van der Waals surface area contributed by atoms with Gasteiger partial charge in [0.15, 0.2) is 6.29 Å². The van der Waals surface area contributed by atoms with Crippen LogP contribution in [0.2, 0.25) is 0 Å². The molecular weight excluding hydrogens is 180 g/mol. The van der Waals surface area contributed by atoms with E-state index in [0.717, 1.165) is 0 Å². The van der Waals surface area contributed by atoms with E-state index in [1.54, 1.807) is 0 Å². The summed E-state index contributed by atoms with van der Waals surface area (Å²) in [6, 6.07) is 0. The van der Waals surface area contributed by atoms with Crippen molar-refractivity contribution in [3.8, 4) is 0 Å². The Hall–Kier alpha value is -0.240. The zero-order valence-electron chi connectivity index (χ0n) is 7.20. The molecule has 13 heavy (non-hydrogen) atoms. The van der Waals surface area contributed by atoms with Gasteiger partial charge in [-0.05, 0) is 0 Å². The van der Waals surface area contributed by atoms with Crippen molar-refractivity contribution in [2.24, 2.45) is 0 Å². The lowest BCUT2D eigenvalue weighted by atomic mass is 9.99. The summed E-state index contributed by atoms with van der Waals surface area (Å²) < 4.78 is 9.61. The average Bonchev–Trinajstić information content (AvgIpc) is 2.13. The third kappa shape index (κ3) is 1.98. The third-order valence-corrected chi connectivity index (χ3v) is 2.11. The molecule has 6 nitrogen and oxygen atoms in total. The fourth-order valence-corrected chi connectivity index (χ4v) is 1.36. The van der Waals surface area contributed by atoms with E-state index in [1.165, 1.54) is 7.11 Å². The summed E-state index contributed by atoms with van der Waals surface area (Å²) in [5.74, 6) is 0. The molecule has 2 unspecified atom stereocenters. The maximum atomic E-state index is 9.38. The van der Waals surface area contributed by atoms with Crippen molar-refractivity contribution in [1.82, 2.24) is 0 Å². The van der Waals surface area contributed by atoms with Gasteiger partial charge < -0.3 is 29.9 Å². The smallest absolute Gasteiger partial charge is 0.184 e. The maximum absolute atomic E-state index is 9.38. The van der Waals surface area contributed by atoms with E-state index < -0.39 is 30.7 Å². The van der Waals surface area contributed by atoms with Crippen LogP contribution in [0.15, 0.2) is 0 Å². The van der Waals surface area contributed by atoms with Crippen LogP contribution in [-0.4, -0.2) is 64.8 Å².